The molecule has 0 spiro atoms. The molecule has 0 bridgehead atoms. The largest absolute Gasteiger partial charge is 0.478 e. The molecule has 162 valence electrons. The Balaban J connectivity index is 3.53. The summed E-state index contributed by atoms with van der Waals surface area (Å²) in [7, 11) is 0. The van der Waals surface area contributed by atoms with E-state index >= 15 is 0 Å². The first-order chi connectivity index (χ1) is 13.9. The van der Waals surface area contributed by atoms with Crippen LogP contribution in [0.5, 0.6) is 0 Å². The van der Waals surface area contributed by atoms with Gasteiger partial charge in [0.2, 0.25) is 0 Å². The number of esters is 4. The van der Waals surface area contributed by atoms with Gasteiger partial charge in [-0.2, -0.15) is 0 Å². The molecule has 0 aromatic heterocycles. The van der Waals surface area contributed by atoms with Gasteiger partial charge in [-0.1, -0.05) is 13.8 Å². The number of rotatable bonds is 8. The van der Waals surface area contributed by atoms with Crippen LogP contribution in [0, 0.1) is 0 Å². The highest BCUT2D eigenvalue weighted by Crippen LogP contribution is 2.21. The second kappa shape index (κ2) is 10.2. The molecule has 12 heteroatoms. The van der Waals surface area contributed by atoms with Crippen molar-refractivity contribution in [2.75, 3.05) is 0 Å². The SMILES string of the molecule is CCC(O)C(=O)OC(=O)c1cc(C(=O)O)c(C(=O)O)cc1C(=O)OC(=O)C(O)CC. The topological polar surface area (TPSA) is 202 Å². The first kappa shape index (κ1) is 24.4. The summed E-state index contributed by atoms with van der Waals surface area (Å²) in [6, 6.07) is 0.911. The zero-order valence-electron chi connectivity index (χ0n) is 15.8. The van der Waals surface area contributed by atoms with Gasteiger partial charge in [0.05, 0.1) is 22.3 Å². The molecular weight excluding hydrogens is 408 g/mol. The van der Waals surface area contributed by atoms with E-state index in [0.717, 1.165) is 0 Å². The molecule has 2 unspecified atom stereocenters. The quantitative estimate of drug-likeness (QED) is 0.320. The Morgan fingerprint density at radius 3 is 1.23 bits per heavy atom. The van der Waals surface area contributed by atoms with E-state index in [2.05, 4.69) is 9.47 Å². The minimum absolute atomic E-state index is 0.122. The molecule has 1 aromatic rings. The Hall–Kier alpha value is -3.64. The lowest BCUT2D eigenvalue weighted by Crippen LogP contribution is -2.28. The van der Waals surface area contributed by atoms with Gasteiger partial charge in [0.15, 0.2) is 12.2 Å². The van der Waals surface area contributed by atoms with Crippen LogP contribution in [0.1, 0.15) is 68.1 Å². The third-order valence-corrected chi connectivity index (χ3v) is 3.76. The van der Waals surface area contributed by atoms with Gasteiger partial charge in [-0.3, -0.25) is 0 Å². The molecule has 12 nitrogen and oxygen atoms in total. The van der Waals surface area contributed by atoms with Crippen molar-refractivity contribution in [2.24, 2.45) is 0 Å². The van der Waals surface area contributed by atoms with Crippen molar-refractivity contribution >= 4 is 35.8 Å². The van der Waals surface area contributed by atoms with E-state index < -0.39 is 70.3 Å². The van der Waals surface area contributed by atoms with Crippen molar-refractivity contribution in [1.82, 2.24) is 0 Å². The lowest BCUT2D eigenvalue weighted by molar-refractivity contribution is -0.148. The van der Waals surface area contributed by atoms with Crippen LogP contribution in [0.2, 0.25) is 0 Å². The molecule has 0 aliphatic rings. The van der Waals surface area contributed by atoms with Crippen molar-refractivity contribution < 1.29 is 58.7 Å². The van der Waals surface area contributed by atoms with Crippen LogP contribution in [0.25, 0.3) is 0 Å². The monoisotopic (exact) mass is 426 g/mol. The molecule has 2 atom stereocenters. The van der Waals surface area contributed by atoms with E-state index in [1.807, 2.05) is 0 Å². The summed E-state index contributed by atoms with van der Waals surface area (Å²) in [6.45, 7) is 2.79. The second-order valence-corrected chi connectivity index (χ2v) is 5.82. The van der Waals surface area contributed by atoms with E-state index in [-0.39, 0.29) is 12.8 Å². The lowest BCUT2D eigenvalue weighted by Gasteiger charge is -2.13. The van der Waals surface area contributed by atoms with Crippen molar-refractivity contribution in [3.8, 4) is 0 Å². The molecule has 0 saturated heterocycles. The van der Waals surface area contributed by atoms with Crippen LogP contribution in [0.15, 0.2) is 12.1 Å². The minimum Gasteiger partial charge on any atom is -0.478 e. The van der Waals surface area contributed by atoms with Crippen molar-refractivity contribution in [3.05, 3.63) is 34.4 Å². The maximum Gasteiger partial charge on any atom is 0.346 e. The molecule has 0 fully saturated rings. The summed E-state index contributed by atoms with van der Waals surface area (Å²) in [5.74, 6) is -9.56. The van der Waals surface area contributed by atoms with Gasteiger partial charge in [0, 0.05) is 0 Å². The Morgan fingerprint density at radius 2 is 1.00 bits per heavy atom. The number of ether oxygens (including phenoxy) is 2. The van der Waals surface area contributed by atoms with Gasteiger partial charge >= 0.3 is 35.8 Å². The maximum atomic E-state index is 12.3. The van der Waals surface area contributed by atoms with E-state index in [1.165, 1.54) is 13.8 Å². The normalized spacial score (nSPS) is 12.4. The van der Waals surface area contributed by atoms with Crippen LogP contribution in [0.4, 0.5) is 0 Å². The lowest BCUT2D eigenvalue weighted by atomic mass is 9.98. The average Bonchev–Trinajstić information content (AvgIpc) is 2.70. The number of carbonyl (C=O) groups excluding carboxylic acids is 4. The number of benzene rings is 1. The molecule has 0 amide bonds. The minimum atomic E-state index is -1.78. The number of carboxylic acids is 2. The number of aromatic carboxylic acids is 2. The molecule has 30 heavy (non-hydrogen) atoms. The van der Waals surface area contributed by atoms with Crippen LogP contribution >= 0.6 is 0 Å². The van der Waals surface area contributed by atoms with Gasteiger partial charge in [0.25, 0.3) is 0 Å². The average molecular weight is 426 g/mol. The van der Waals surface area contributed by atoms with Crippen LogP contribution in [-0.2, 0) is 19.1 Å². The van der Waals surface area contributed by atoms with Crippen LogP contribution in [-0.4, -0.2) is 68.4 Å². The zero-order valence-corrected chi connectivity index (χ0v) is 15.8. The molecule has 0 saturated carbocycles. The Bertz CT molecular complexity index is 828. The smallest absolute Gasteiger partial charge is 0.346 e. The Labute approximate surface area is 168 Å². The van der Waals surface area contributed by atoms with Crippen LogP contribution < -0.4 is 0 Å². The maximum absolute atomic E-state index is 12.3. The predicted molar refractivity (Wildman–Crippen MR) is 93.8 cm³/mol. The van der Waals surface area contributed by atoms with E-state index in [4.69, 9.17) is 0 Å². The van der Waals surface area contributed by atoms with Crippen molar-refractivity contribution in [3.63, 3.8) is 0 Å². The summed E-state index contributed by atoms with van der Waals surface area (Å²) < 4.78 is 8.76. The molecular formula is C18H18O12. The number of carboxylic acid groups (broad SMARTS) is 2. The first-order valence-electron chi connectivity index (χ1n) is 8.47. The van der Waals surface area contributed by atoms with E-state index in [1.54, 1.807) is 0 Å². The number of hydrogen-bond acceptors (Lipinski definition) is 10. The molecule has 1 aromatic carbocycles. The molecule has 1 rings (SSSR count). The fourth-order valence-corrected chi connectivity index (χ4v) is 2.05. The predicted octanol–water partition coefficient (Wildman–Crippen LogP) is -0.00840. The summed E-state index contributed by atoms with van der Waals surface area (Å²) in [5.41, 5.74) is -3.65. The molecule has 4 N–H and O–H groups in total. The summed E-state index contributed by atoms with van der Waals surface area (Å²) >= 11 is 0. The Kier molecular flexibility index (Phi) is 8.32. The summed E-state index contributed by atoms with van der Waals surface area (Å²) in [5, 5.41) is 37.2. The fraction of sp³-hybridized carbons (Fsp3) is 0.333. The standard InChI is InChI=1S/C18H18O12/c1-3-11(19)17(27)29-15(25)9-5-7(13(21)22)8(14(23)24)6-10(9)16(26)30-18(28)12(20)4-2/h5-6,11-12,19-20H,3-4H2,1-2H3,(H,21,22)(H,23,24). The molecule has 0 aliphatic carbocycles. The number of aliphatic hydroxyl groups excluding tert-OH is 2. The van der Waals surface area contributed by atoms with Crippen LogP contribution in [0.3, 0.4) is 0 Å². The highest BCUT2D eigenvalue weighted by atomic mass is 16.6. The highest BCUT2D eigenvalue weighted by Gasteiger charge is 2.31. The summed E-state index contributed by atoms with van der Waals surface area (Å²) in [6.07, 6.45) is -3.63. The second-order valence-electron chi connectivity index (χ2n) is 5.82. The van der Waals surface area contributed by atoms with Gasteiger partial charge in [0.1, 0.15) is 0 Å². The first-order valence-corrected chi connectivity index (χ1v) is 8.47. The highest BCUT2D eigenvalue weighted by molar-refractivity contribution is 6.12. The van der Waals surface area contributed by atoms with Crippen molar-refractivity contribution in [1.29, 1.82) is 0 Å². The van der Waals surface area contributed by atoms with Gasteiger partial charge in [-0.15, -0.1) is 0 Å². The molecule has 0 radical (unpaired) electrons. The third-order valence-electron chi connectivity index (χ3n) is 3.76. The van der Waals surface area contributed by atoms with E-state index in [0.29, 0.717) is 12.1 Å². The fourth-order valence-electron chi connectivity index (χ4n) is 2.05. The number of hydrogen-bond donors (Lipinski definition) is 4. The third kappa shape index (κ3) is 5.68. The number of carbonyl (C=O) groups is 6. The zero-order chi connectivity index (χ0) is 23.2. The van der Waals surface area contributed by atoms with Gasteiger partial charge < -0.3 is 29.9 Å². The summed E-state index contributed by atoms with van der Waals surface area (Å²) in [4.78, 5) is 70.5. The Morgan fingerprint density at radius 1 is 0.700 bits per heavy atom. The van der Waals surface area contributed by atoms with Gasteiger partial charge in [-0.05, 0) is 25.0 Å². The number of aliphatic hydroxyl groups is 2. The van der Waals surface area contributed by atoms with Crippen molar-refractivity contribution in [2.45, 2.75) is 38.9 Å². The molecule has 0 aliphatic heterocycles. The molecule has 0 heterocycles. The van der Waals surface area contributed by atoms with E-state index in [9.17, 15) is 49.2 Å². The van der Waals surface area contributed by atoms with Gasteiger partial charge in [-0.25, -0.2) is 28.8 Å².